The number of nitrogens with zero attached hydrogens (tertiary/aromatic N) is 2. The van der Waals surface area contributed by atoms with Crippen LogP contribution in [0.15, 0.2) is 91.0 Å². The van der Waals surface area contributed by atoms with Crippen LogP contribution in [0, 0.1) is 12.9 Å². The van der Waals surface area contributed by atoms with Gasteiger partial charge in [-0.2, -0.15) is 9.37 Å². The molecule has 1 fully saturated rings. The minimum absolute atomic E-state index is 0.0392. The zero-order chi connectivity index (χ0) is 28.0. The Morgan fingerprint density at radius 2 is 1.32 bits per heavy atom. The summed E-state index contributed by atoms with van der Waals surface area (Å²) in [4.78, 5) is 8.40. The van der Waals surface area contributed by atoms with E-state index in [1.807, 2.05) is 97.9 Å². The zero-order valence-electron chi connectivity index (χ0n) is 22.6. The van der Waals surface area contributed by atoms with Crippen LogP contribution < -0.4 is 4.74 Å². The molecule has 208 valence electrons. The molecule has 1 aliphatic rings. The van der Waals surface area contributed by atoms with E-state index in [2.05, 4.69) is 9.97 Å². The van der Waals surface area contributed by atoms with Crippen molar-refractivity contribution in [2.75, 3.05) is 0 Å². The lowest BCUT2D eigenvalue weighted by Crippen LogP contribution is -2.45. The molecule has 1 saturated heterocycles. The number of hydrogen-bond acceptors (Lipinski definition) is 7. The number of aryl methyl sites for hydroxylation is 1. The van der Waals surface area contributed by atoms with Crippen molar-refractivity contribution < 1.29 is 28.4 Å². The molecule has 0 aliphatic carbocycles. The Hall–Kier alpha value is -3.69. The summed E-state index contributed by atoms with van der Waals surface area (Å²) >= 11 is 0. The Kier molecular flexibility index (Phi) is 8.81. The van der Waals surface area contributed by atoms with Gasteiger partial charge in [0.25, 0.3) is 0 Å². The van der Waals surface area contributed by atoms with Gasteiger partial charge in [0.1, 0.15) is 24.5 Å². The average molecular weight is 545 g/mol. The predicted octanol–water partition coefficient (Wildman–Crippen LogP) is 5.63. The quantitative estimate of drug-likeness (QED) is 0.262. The molecule has 0 radical (unpaired) electrons. The van der Waals surface area contributed by atoms with Crippen LogP contribution in [0.2, 0.25) is 0 Å². The second-order valence-corrected chi connectivity index (χ2v) is 9.77. The first kappa shape index (κ1) is 27.9. The Bertz CT molecular complexity index is 1380. The number of aliphatic hydroxyl groups is 1. The van der Waals surface area contributed by atoms with Crippen molar-refractivity contribution in [2.24, 2.45) is 0 Å². The van der Waals surface area contributed by atoms with E-state index in [0.717, 1.165) is 16.7 Å². The van der Waals surface area contributed by atoms with Gasteiger partial charge in [-0.05, 0) is 30.0 Å². The summed E-state index contributed by atoms with van der Waals surface area (Å²) in [5, 5.41) is 12.0. The molecule has 1 aliphatic heterocycles. The van der Waals surface area contributed by atoms with E-state index in [1.54, 1.807) is 6.92 Å². The van der Waals surface area contributed by atoms with E-state index in [-0.39, 0.29) is 31.4 Å². The molecule has 3 aromatic carbocycles. The summed E-state index contributed by atoms with van der Waals surface area (Å²) in [6.07, 6.45) is -1.86. The fourth-order valence-corrected chi connectivity index (χ4v) is 4.79. The van der Waals surface area contributed by atoms with Crippen LogP contribution in [0.25, 0.3) is 0 Å². The minimum atomic E-state index is -2.24. The average Bonchev–Trinajstić information content (AvgIpc) is 3.27. The van der Waals surface area contributed by atoms with Gasteiger partial charge in [-0.15, -0.1) is 0 Å². The van der Waals surface area contributed by atoms with Crippen LogP contribution in [0.5, 0.6) is 5.88 Å². The molecule has 40 heavy (non-hydrogen) atoms. The van der Waals surface area contributed by atoms with Gasteiger partial charge < -0.3 is 24.1 Å². The number of benzene rings is 3. The van der Waals surface area contributed by atoms with Crippen molar-refractivity contribution in [3.8, 4) is 5.88 Å². The molecule has 7 nitrogen and oxygen atoms in total. The second-order valence-electron chi connectivity index (χ2n) is 9.77. The molecular weight excluding hydrogens is 511 g/mol. The lowest BCUT2D eigenvalue weighted by Gasteiger charge is -2.30. The normalized spacial score (nSPS) is 22.4. The van der Waals surface area contributed by atoms with Crippen molar-refractivity contribution in [1.29, 1.82) is 0 Å². The van der Waals surface area contributed by atoms with E-state index < -0.39 is 30.0 Å². The fraction of sp³-hybridized carbons (Fsp3) is 0.312. The van der Waals surface area contributed by atoms with Crippen LogP contribution in [0.1, 0.15) is 41.4 Å². The lowest BCUT2D eigenvalue weighted by atomic mass is 10.00. The first-order valence-corrected chi connectivity index (χ1v) is 13.4. The summed E-state index contributed by atoms with van der Waals surface area (Å²) in [5.41, 5.74) is 2.70. The molecule has 0 saturated carbocycles. The molecule has 4 aromatic rings. The first-order valence-electron chi connectivity index (χ1n) is 13.4. The Morgan fingerprint density at radius 3 is 1.88 bits per heavy atom. The number of halogens is 1. The maximum atomic E-state index is 15.6. The molecule has 0 bridgehead atoms. The van der Waals surface area contributed by atoms with Crippen molar-refractivity contribution in [3.63, 3.8) is 0 Å². The van der Waals surface area contributed by atoms with Crippen LogP contribution >= 0.6 is 0 Å². The Morgan fingerprint density at radius 1 is 0.800 bits per heavy atom. The van der Waals surface area contributed by atoms with Gasteiger partial charge in [0.2, 0.25) is 17.6 Å². The van der Waals surface area contributed by atoms with E-state index >= 15 is 4.39 Å². The van der Waals surface area contributed by atoms with E-state index in [0.29, 0.717) is 12.1 Å². The molecule has 4 atom stereocenters. The molecular formula is C32H33FN2O5. The molecule has 2 unspecified atom stereocenters. The van der Waals surface area contributed by atoms with Crippen LogP contribution in [-0.2, 0) is 39.8 Å². The van der Waals surface area contributed by atoms with Crippen LogP contribution in [0.4, 0.5) is 4.39 Å². The van der Waals surface area contributed by atoms with Crippen LogP contribution in [0.3, 0.4) is 0 Å². The van der Waals surface area contributed by atoms with E-state index in [4.69, 9.17) is 18.9 Å². The third-order valence-electron chi connectivity index (χ3n) is 6.88. The molecule has 1 aromatic heterocycles. The van der Waals surface area contributed by atoms with Crippen molar-refractivity contribution in [3.05, 3.63) is 125 Å². The summed E-state index contributed by atoms with van der Waals surface area (Å²) in [6, 6.07) is 28.7. The standard InChI is InChI=1S/C32H33FN2O5/c1-3-26-27(37-19-23-13-7-4-8-14-23)29(38-20-24-15-9-5-10-16-24)32(36,40-26)28-30(33)35-31(22(2)34-28)39-21-25-17-11-6-12-18-25/h4-18,26-27,29,36H,3,19-21H2,1-2H3/t26-,27?,29+,32?/m1/s1. The highest BCUT2D eigenvalue weighted by Gasteiger charge is 2.59. The second kappa shape index (κ2) is 12.7. The highest BCUT2D eigenvalue weighted by molar-refractivity contribution is 5.25. The van der Waals surface area contributed by atoms with Gasteiger partial charge >= 0.3 is 0 Å². The van der Waals surface area contributed by atoms with Gasteiger partial charge in [-0.25, -0.2) is 4.98 Å². The third-order valence-corrected chi connectivity index (χ3v) is 6.88. The largest absolute Gasteiger partial charge is 0.471 e. The monoisotopic (exact) mass is 544 g/mol. The number of ether oxygens (including phenoxy) is 4. The van der Waals surface area contributed by atoms with Crippen LogP contribution in [-0.4, -0.2) is 33.4 Å². The van der Waals surface area contributed by atoms with E-state index in [1.165, 1.54) is 0 Å². The number of rotatable bonds is 11. The maximum absolute atomic E-state index is 15.6. The van der Waals surface area contributed by atoms with Crippen molar-refractivity contribution >= 4 is 0 Å². The SMILES string of the molecule is CC[C@H]1OC(O)(c2nc(C)c(OCc3ccccc3)nc2F)[C@@H](OCc2ccccc2)C1OCc1ccccc1. The maximum Gasteiger partial charge on any atom is 0.244 e. The molecule has 8 heteroatoms. The Balaban J connectivity index is 1.44. The molecule has 5 rings (SSSR count). The smallest absolute Gasteiger partial charge is 0.244 e. The molecule has 1 N–H and O–H groups in total. The van der Waals surface area contributed by atoms with Gasteiger partial charge in [0, 0.05) is 0 Å². The van der Waals surface area contributed by atoms with Gasteiger partial charge in [-0.1, -0.05) is 97.9 Å². The predicted molar refractivity (Wildman–Crippen MR) is 147 cm³/mol. The minimum Gasteiger partial charge on any atom is -0.471 e. The molecule has 2 heterocycles. The van der Waals surface area contributed by atoms with Gasteiger partial charge in [-0.3, -0.25) is 0 Å². The zero-order valence-corrected chi connectivity index (χ0v) is 22.6. The highest BCUT2D eigenvalue weighted by Crippen LogP contribution is 2.43. The topological polar surface area (TPSA) is 82.9 Å². The van der Waals surface area contributed by atoms with Crippen molar-refractivity contribution in [1.82, 2.24) is 9.97 Å². The molecule has 0 amide bonds. The number of aromatic nitrogens is 2. The summed E-state index contributed by atoms with van der Waals surface area (Å²) in [7, 11) is 0. The number of hydrogen-bond donors (Lipinski definition) is 1. The first-order chi connectivity index (χ1) is 19.5. The lowest BCUT2D eigenvalue weighted by molar-refractivity contribution is -0.254. The summed E-state index contributed by atoms with van der Waals surface area (Å²) in [5.74, 6) is -3.20. The highest BCUT2D eigenvalue weighted by atomic mass is 19.1. The molecule has 0 spiro atoms. The van der Waals surface area contributed by atoms with Gasteiger partial charge in [0.15, 0.2) is 5.69 Å². The summed E-state index contributed by atoms with van der Waals surface area (Å²) < 4.78 is 40.0. The fourth-order valence-electron chi connectivity index (χ4n) is 4.79. The summed E-state index contributed by atoms with van der Waals surface area (Å²) in [6.45, 7) is 4.19. The Labute approximate surface area is 233 Å². The van der Waals surface area contributed by atoms with Crippen molar-refractivity contribution in [2.45, 2.75) is 64.2 Å². The third kappa shape index (κ3) is 6.21. The van der Waals surface area contributed by atoms with E-state index in [9.17, 15) is 5.11 Å². The van der Waals surface area contributed by atoms with Gasteiger partial charge in [0.05, 0.1) is 19.3 Å².